The first-order valence-electron chi connectivity index (χ1n) is 12.8. The lowest BCUT2D eigenvalue weighted by atomic mass is 9.96. The van der Waals surface area contributed by atoms with E-state index in [9.17, 15) is 13.2 Å². The van der Waals surface area contributed by atoms with Crippen LogP contribution in [0.1, 0.15) is 16.8 Å². The molecule has 2 aliphatic heterocycles. The van der Waals surface area contributed by atoms with Crippen LogP contribution < -0.4 is 19.7 Å². The first-order valence-corrected chi connectivity index (χ1v) is 14.3. The Labute approximate surface area is 228 Å². The number of piperazine rings is 1. The molecule has 12 heteroatoms. The Balaban J connectivity index is 1.28. The fourth-order valence-corrected chi connectivity index (χ4v) is 5.88. The Morgan fingerprint density at radius 3 is 2.41 bits per heavy atom. The van der Waals surface area contributed by atoms with Crippen molar-refractivity contribution >= 4 is 33.4 Å². The summed E-state index contributed by atoms with van der Waals surface area (Å²) in [4.78, 5) is 27.8. The number of fused-ring (bicyclic) bond motifs is 1. The van der Waals surface area contributed by atoms with Gasteiger partial charge < -0.3 is 24.8 Å². The zero-order valence-corrected chi connectivity index (χ0v) is 23.2. The van der Waals surface area contributed by atoms with Crippen molar-refractivity contribution in [2.45, 2.75) is 24.8 Å². The van der Waals surface area contributed by atoms with Gasteiger partial charge in [0.25, 0.3) is 10.0 Å². The van der Waals surface area contributed by atoms with E-state index >= 15 is 0 Å². The second-order valence-electron chi connectivity index (χ2n) is 9.79. The van der Waals surface area contributed by atoms with Gasteiger partial charge in [-0.1, -0.05) is 0 Å². The summed E-state index contributed by atoms with van der Waals surface area (Å²) in [7, 11) is -0.0656. The van der Waals surface area contributed by atoms with Crippen molar-refractivity contribution in [1.82, 2.24) is 19.8 Å². The number of anilines is 3. The molecule has 0 spiro atoms. The van der Waals surface area contributed by atoms with Crippen LogP contribution in [0, 0.1) is 6.92 Å². The van der Waals surface area contributed by atoms with Gasteiger partial charge in [-0.05, 0) is 62.9 Å². The highest BCUT2D eigenvalue weighted by molar-refractivity contribution is 7.92. The standard InChI is InChI=1S/C27H33N7O4S/c1-19-10-12-28-26(29-19)31-39(36,37)21-6-4-20(5-7-21)30-27(35)34-13-11-22-23(18-34)24(8-9-25(22)38-3)33-16-14-32(2)15-17-33/h4-10,12H,11,13-18H2,1-3H3,(H,30,35)(H,28,29,31). The van der Waals surface area contributed by atoms with Crippen LogP contribution >= 0.6 is 0 Å². The minimum Gasteiger partial charge on any atom is -0.496 e. The number of amides is 2. The van der Waals surface area contributed by atoms with Gasteiger partial charge >= 0.3 is 6.03 Å². The third-order valence-electron chi connectivity index (χ3n) is 7.13. The monoisotopic (exact) mass is 551 g/mol. The number of carbonyl (C=O) groups excluding carboxylic acids is 1. The van der Waals surface area contributed by atoms with Crippen molar-refractivity contribution in [2.24, 2.45) is 0 Å². The molecule has 39 heavy (non-hydrogen) atoms. The average Bonchev–Trinajstić information content (AvgIpc) is 2.92. The van der Waals surface area contributed by atoms with Crippen molar-refractivity contribution in [3.8, 4) is 5.75 Å². The predicted octanol–water partition coefficient (Wildman–Crippen LogP) is 2.94. The zero-order valence-electron chi connectivity index (χ0n) is 22.3. The van der Waals surface area contributed by atoms with Gasteiger partial charge in [0.2, 0.25) is 5.95 Å². The van der Waals surface area contributed by atoms with E-state index in [1.807, 2.05) is 6.07 Å². The van der Waals surface area contributed by atoms with Crippen LogP contribution in [0.4, 0.5) is 22.1 Å². The number of carbonyl (C=O) groups is 1. The number of nitrogens with one attached hydrogen (secondary N) is 2. The van der Waals surface area contributed by atoms with E-state index in [0.29, 0.717) is 30.9 Å². The van der Waals surface area contributed by atoms with Crippen LogP contribution in [0.2, 0.25) is 0 Å². The first kappa shape index (κ1) is 26.7. The zero-order chi connectivity index (χ0) is 27.6. The first-order chi connectivity index (χ1) is 18.7. The van der Waals surface area contributed by atoms with Gasteiger partial charge in [-0.3, -0.25) is 0 Å². The molecule has 2 aromatic carbocycles. The lowest BCUT2D eigenvalue weighted by Gasteiger charge is -2.38. The molecular weight excluding hydrogens is 518 g/mol. The van der Waals surface area contributed by atoms with Crippen molar-refractivity contribution < 1.29 is 17.9 Å². The molecular formula is C27H33N7O4S. The molecule has 2 amide bonds. The SMILES string of the molecule is COc1ccc(N2CCN(C)CC2)c2c1CCN(C(=O)Nc1ccc(S(=O)(=O)Nc3nccc(C)n3)cc1)C2. The Kier molecular flexibility index (Phi) is 7.58. The van der Waals surface area contributed by atoms with Gasteiger partial charge in [0.05, 0.1) is 12.0 Å². The number of sulfonamides is 1. The number of urea groups is 1. The Morgan fingerprint density at radius 1 is 0.974 bits per heavy atom. The van der Waals surface area contributed by atoms with E-state index in [2.05, 4.69) is 42.9 Å². The highest BCUT2D eigenvalue weighted by Crippen LogP contribution is 2.36. The summed E-state index contributed by atoms with van der Waals surface area (Å²) in [5, 5.41) is 2.91. The molecule has 0 bridgehead atoms. The fourth-order valence-electron chi connectivity index (χ4n) is 4.93. The molecule has 1 saturated heterocycles. The normalized spacial score (nSPS) is 16.0. The number of hydrogen-bond acceptors (Lipinski definition) is 8. The van der Waals surface area contributed by atoms with Gasteiger partial charge in [-0.2, -0.15) is 0 Å². The molecule has 5 rings (SSSR count). The number of aromatic nitrogens is 2. The number of rotatable bonds is 6. The van der Waals surface area contributed by atoms with Crippen LogP contribution in [-0.4, -0.2) is 81.1 Å². The highest BCUT2D eigenvalue weighted by atomic mass is 32.2. The quantitative estimate of drug-likeness (QED) is 0.480. The molecule has 2 N–H and O–H groups in total. The smallest absolute Gasteiger partial charge is 0.322 e. The van der Waals surface area contributed by atoms with Crippen molar-refractivity contribution in [2.75, 3.05) is 61.8 Å². The lowest BCUT2D eigenvalue weighted by Crippen LogP contribution is -2.46. The van der Waals surface area contributed by atoms with Crippen LogP contribution in [0.5, 0.6) is 5.75 Å². The lowest BCUT2D eigenvalue weighted by molar-refractivity contribution is 0.206. The van der Waals surface area contributed by atoms with Crippen LogP contribution in [0.25, 0.3) is 0 Å². The van der Waals surface area contributed by atoms with E-state index < -0.39 is 10.0 Å². The number of methoxy groups -OCH3 is 1. The van der Waals surface area contributed by atoms with Gasteiger partial charge in [-0.15, -0.1) is 0 Å². The molecule has 0 saturated carbocycles. The predicted molar refractivity (Wildman–Crippen MR) is 150 cm³/mol. The van der Waals surface area contributed by atoms with Crippen molar-refractivity contribution in [3.63, 3.8) is 0 Å². The van der Waals surface area contributed by atoms with Gasteiger partial charge in [-0.25, -0.2) is 27.9 Å². The van der Waals surface area contributed by atoms with Gasteiger partial charge in [0.1, 0.15) is 5.75 Å². The minimum absolute atomic E-state index is 0.00494. The third kappa shape index (κ3) is 5.91. The largest absolute Gasteiger partial charge is 0.496 e. The van der Waals surface area contributed by atoms with Crippen LogP contribution in [0.3, 0.4) is 0 Å². The molecule has 1 fully saturated rings. The summed E-state index contributed by atoms with van der Waals surface area (Å²) >= 11 is 0. The molecule has 0 atom stereocenters. The molecule has 0 unspecified atom stereocenters. The average molecular weight is 552 g/mol. The number of aryl methyl sites for hydroxylation is 1. The number of ether oxygens (including phenoxy) is 1. The number of nitrogens with zero attached hydrogens (tertiary/aromatic N) is 5. The van der Waals surface area contributed by atoms with Crippen molar-refractivity contribution in [3.05, 3.63) is 65.5 Å². The summed E-state index contributed by atoms with van der Waals surface area (Å²) < 4.78 is 33.5. The molecule has 1 aromatic heterocycles. The second-order valence-corrected chi connectivity index (χ2v) is 11.5. The third-order valence-corrected chi connectivity index (χ3v) is 8.48. The highest BCUT2D eigenvalue weighted by Gasteiger charge is 2.28. The molecule has 206 valence electrons. The number of likely N-dealkylation sites (N-methyl/N-ethyl adjacent to an activating group) is 1. The summed E-state index contributed by atoms with van der Waals surface area (Å²) in [5.41, 5.74) is 4.57. The molecule has 11 nitrogen and oxygen atoms in total. The number of benzene rings is 2. The molecule has 2 aliphatic rings. The van der Waals surface area contributed by atoms with E-state index in [-0.39, 0.29) is 16.9 Å². The summed E-state index contributed by atoms with van der Waals surface area (Å²) in [5.74, 6) is 0.856. The van der Waals surface area contributed by atoms with E-state index in [4.69, 9.17) is 4.74 Å². The maximum absolute atomic E-state index is 13.2. The van der Waals surface area contributed by atoms with Crippen molar-refractivity contribution in [1.29, 1.82) is 0 Å². The summed E-state index contributed by atoms with van der Waals surface area (Å²) in [6.07, 6.45) is 2.18. The van der Waals surface area contributed by atoms with E-state index in [0.717, 1.165) is 48.7 Å². The van der Waals surface area contributed by atoms with E-state index in [1.54, 1.807) is 37.1 Å². The topological polar surface area (TPSA) is 120 Å². The second kappa shape index (κ2) is 11.1. The fraction of sp³-hybridized carbons (Fsp3) is 0.370. The molecule has 0 aliphatic carbocycles. The van der Waals surface area contributed by atoms with Crippen LogP contribution in [0.15, 0.2) is 53.6 Å². The Bertz CT molecular complexity index is 1460. The molecule has 3 heterocycles. The van der Waals surface area contributed by atoms with Gasteiger partial charge in [0, 0.05) is 73.7 Å². The minimum atomic E-state index is -3.87. The molecule has 0 radical (unpaired) electrons. The Hall–Kier alpha value is -3.90. The Morgan fingerprint density at radius 2 is 1.72 bits per heavy atom. The number of hydrogen-bond donors (Lipinski definition) is 2. The van der Waals surface area contributed by atoms with Crippen LogP contribution in [-0.2, 0) is 23.0 Å². The maximum atomic E-state index is 13.2. The summed E-state index contributed by atoms with van der Waals surface area (Å²) in [6, 6.07) is 11.6. The summed E-state index contributed by atoms with van der Waals surface area (Å²) in [6.45, 7) is 6.61. The van der Waals surface area contributed by atoms with Gasteiger partial charge in [0.15, 0.2) is 0 Å². The van der Waals surface area contributed by atoms with E-state index in [1.165, 1.54) is 18.3 Å². The maximum Gasteiger partial charge on any atom is 0.322 e. The molecule has 3 aromatic rings.